The fourth-order valence-electron chi connectivity index (χ4n) is 3.75. The second-order valence-electron chi connectivity index (χ2n) is 7.49. The first-order valence-electron chi connectivity index (χ1n) is 9.69. The van der Waals surface area contributed by atoms with Gasteiger partial charge in [-0.25, -0.2) is 9.37 Å². The summed E-state index contributed by atoms with van der Waals surface area (Å²) < 4.78 is 18.5. The van der Waals surface area contributed by atoms with Gasteiger partial charge in [-0.2, -0.15) is 0 Å². The van der Waals surface area contributed by atoms with E-state index in [9.17, 15) is 9.18 Å². The van der Waals surface area contributed by atoms with E-state index in [1.54, 1.807) is 0 Å². The van der Waals surface area contributed by atoms with Crippen LogP contribution in [0.5, 0.6) is 0 Å². The molecule has 0 saturated carbocycles. The number of aromatic nitrogens is 1. The molecule has 0 radical (unpaired) electrons. The second kappa shape index (κ2) is 8.65. The molecule has 1 aliphatic heterocycles. The van der Waals surface area contributed by atoms with Crippen LogP contribution < -0.4 is 0 Å². The maximum atomic E-state index is 13.2. The van der Waals surface area contributed by atoms with Crippen LogP contribution in [0, 0.1) is 11.7 Å². The van der Waals surface area contributed by atoms with Crippen molar-refractivity contribution >= 4 is 5.91 Å². The van der Waals surface area contributed by atoms with Crippen LogP contribution >= 0.6 is 0 Å². The van der Waals surface area contributed by atoms with Gasteiger partial charge in [-0.1, -0.05) is 32.9 Å². The molecule has 1 aromatic heterocycles. The molecule has 1 fully saturated rings. The first kappa shape index (κ1) is 19.5. The first-order valence-corrected chi connectivity index (χ1v) is 9.69. The normalized spacial score (nSPS) is 18.7. The Kier molecular flexibility index (Phi) is 6.26. The lowest BCUT2D eigenvalue weighted by atomic mass is 10.0. The number of carbonyl (C=O) groups excluding carboxylic acids is 1. The summed E-state index contributed by atoms with van der Waals surface area (Å²) >= 11 is 0. The molecule has 2 aromatic rings. The van der Waals surface area contributed by atoms with E-state index >= 15 is 0 Å². The number of halogens is 1. The van der Waals surface area contributed by atoms with Crippen molar-refractivity contribution in [3.8, 4) is 0 Å². The highest BCUT2D eigenvalue weighted by atomic mass is 19.1. The standard InChI is InChI=1S/C21H28FN3O2/c1-4-19-20(23-14-27-19)21(26)25-11-5-10-24(18(13-25)15(2)3)12-16-6-8-17(22)9-7-16/h6-9,14-15,18H,4-5,10-13H2,1-3H3. The Balaban J connectivity index is 1.76. The number of hydrogen-bond donors (Lipinski definition) is 0. The van der Waals surface area contributed by atoms with E-state index in [1.807, 2.05) is 24.0 Å². The molecule has 0 N–H and O–H groups in total. The van der Waals surface area contributed by atoms with Gasteiger partial charge in [-0.3, -0.25) is 9.69 Å². The minimum absolute atomic E-state index is 0.0464. The Morgan fingerprint density at radius 3 is 2.70 bits per heavy atom. The zero-order valence-electron chi connectivity index (χ0n) is 16.3. The monoisotopic (exact) mass is 373 g/mol. The molecule has 2 heterocycles. The number of benzene rings is 1. The van der Waals surface area contributed by atoms with Crippen LogP contribution in [0.4, 0.5) is 4.39 Å². The number of aryl methyl sites for hydroxylation is 1. The lowest BCUT2D eigenvalue weighted by molar-refractivity contribution is 0.0695. The van der Waals surface area contributed by atoms with Crippen molar-refractivity contribution in [1.82, 2.24) is 14.8 Å². The van der Waals surface area contributed by atoms with E-state index < -0.39 is 0 Å². The minimum Gasteiger partial charge on any atom is -0.448 e. The number of oxazole rings is 1. The van der Waals surface area contributed by atoms with Crippen molar-refractivity contribution in [2.45, 2.75) is 46.2 Å². The van der Waals surface area contributed by atoms with E-state index in [1.165, 1.54) is 18.5 Å². The van der Waals surface area contributed by atoms with Gasteiger partial charge in [-0.05, 0) is 30.0 Å². The lowest BCUT2D eigenvalue weighted by Crippen LogP contribution is -2.45. The summed E-state index contributed by atoms with van der Waals surface area (Å²) in [4.78, 5) is 21.5. The van der Waals surface area contributed by atoms with Crippen LogP contribution in [-0.4, -0.2) is 46.4 Å². The number of amides is 1. The third-order valence-corrected chi connectivity index (χ3v) is 5.27. The molecule has 1 aromatic carbocycles. The zero-order valence-corrected chi connectivity index (χ0v) is 16.3. The molecule has 6 heteroatoms. The summed E-state index contributed by atoms with van der Waals surface area (Å²) in [6, 6.07) is 6.92. The predicted molar refractivity (Wildman–Crippen MR) is 102 cm³/mol. The molecule has 1 aliphatic rings. The fraction of sp³-hybridized carbons (Fsp3) is 0.524. The van der Waals surface area contributed by atoms with Crippen molar-refractivity contribution in [1.29, 1.82) is 0 Å². The number of rotatable bonds is 5. The smallest absolute Gasteiger partial charge is 0.276 e. The van der Waals surface area contributed by atoms with Crippen LogP contribution in [0.1, 0.15) is 49.0 Å². The summed E-state index contributed by atoms with van der Waals surface area (Å²) in [5.74, 6) is 0.774. The van der Waals surface area contributed by atoms with Gasteiger partial charge in [0.15, 0.2) is 12.1 Å². The molecule has 27 heavy (non-hydrogen) atoms. The van der Waals surface area contributed by atoms with Crippen LogP contribution in [-0.2, 0) is 13.0 Å². The second-order valence-corrected chi connectivity index (χ2v) is 7.49. The molecule has 146 valence electrons. The first-order chi connectivity index (χ1) is 13.0. The van der Waals surface area contributed by atoms with Crippen molar-refractivity contribution in [3.05, 3.63) is 53.5 Å². The van der Waals surface area contributed by atoms with Gasteiger partial charge >= 0.3 is 0 Å². The molecular formula is C21H28FN3O2. The molecule has 0 spiro atoms. The van der Waals surface area contributed by atoms with Crippen molar-refractivity contribution in [2.24, 2.45) is 5.92 Å². The van der Waals surface area contributed by atoms with Gasteiger partial charge in [0.25, 0.3) is 5.91 Å². The van der Waals surface area contributed by atoms with Gasteiger partial charge in [0.05, 0.1) is 0 Å². The Morgan fingerprint density at radius 2 is 2.04 bits per heavy atom. The molecule has 5 nitrogen and oxygen atoms in total. The maximum absolute atomic E-state index is 13.2. The van der Waals surface area contributed by atoms with Gasteiger partial charge in [-0.15, -0.1) is 0 Å². The van der Waals surface area contributed by atoms with Crippen molar-refractivity contribution in [2.75, 3.05) is 19.6 Å². The van der Waals surface area contributed by atoms with E-state index in [0.717, 1.165) is 25.1 Å². The van der Waals surface area contributed by atoms with Gasteiger partial charge < -0.3 is 9.32 Å². The van der Waals surface area contributed by atoms with E-state index in [2.05, 4.69) is 23.7 Å². The highest BCUT2D eigenvalue weighted by Crippen LogP contribution is 2.22. The van der Waals surface area contributed by atoms with Crippen molar-refractivity contribution in [3.63, 3.8) is 0 Å². The molecule has 3 rings (SSSR count). The topological polar surface area (TPSA) is 49.6 Å². The summed E-state index contributed by atoms with van der Waals surface area (Å²) in [5.41, 5.74) is 1.53. The average molecular weight is 373 g/mol. The average Bonchev–Trinajstić information content (AvgIpc) is 3.03. The largest absolute Gasteiger partial charge is 0.448 e. The van der Waals surface area contributed by atoms with E-state index in [-0.39, 0.29) is 17.8 Å². The zero-order chi connectivity index (χ0) is 19.4. The highest BCUT2D eigenvalue weighted by Gasteiger charge is 2.31. The molecule has 0 bridgehead atoms. The number of carbonyl (C=O) groups is 1. The Hall–Kier alpha value is -2.21. The maximum Gasteiger partial charge on any atom is 0.276 e. The van der Waals surface area contributed by atoms with Crippen LogP contribution in [0.25, 0.3) is 0 Å². The quantitative estimate of drug-likeness (QED) is 0.801. The van der Waals surface area contributed by atoms with Gasteiger partial charge in [0.1, 0.15) is 11.6 Å². The Bertz CT molecular complexity index is 757. The molecule has 1 amide bonds. The predicted octanol–water partition coefficient (Wildman–Crippen LogP) is 3.75. The van der Waals surface area contributed by atoms with Gasteiger partial charge in [0, 0.05) is 38.6 Å². The summed E-state index contributed by atoms with van der Waals surface area (Å²) in [6.45, 7) is 9.36. The summed E-state index contributed by atoms with van der Waals surface area (Å²) in [6.07, 6.45) is 2.90. The molecule has 1 unspecified atom stereocenters. The van der Waals surface area contributed by atoms with Crippen LogP contribution in [0.15, 0.2) is 35.1 Å². The van der Waals surface area contributed by atoms with E-state index in [0.29, 0.717) is 36.9 Å². The third kappa shape index (κ3) is 4.56. The van der Waals surface area contributed by atoms with Crippen molar-refractivity contribution < 1.29 is 13.6 Å². The molecule has 1 saturated heterocycles. The summed E-state index contributed by atoms with van der Waals surface area (Å²) in [7, 11) is 0. The van der Waals surface area contributed by atoms with E-state index in [4.69, 9.17) is 4.42 Å². The Labute approximate surface area is 160 Å². The number of hydrogen-bond acceptors (Lipinski definition) is 4. The molecule has 0 aliphatic carbocycles. The third-order valence-electron chi connectivity index (χ3n) is 5.27. The molecular weight excluding hydrogens is 345 g/mol. The highest BCUT2D eigenvalue weighted by molar-refractivity contribution is 5.93. The van der Waals surface area contributed by atoms with Crippen LogP contribution in [0.3, 0.4) is 0 Å². The van der Waals surface area contributed by atoms with Crippen LogP contribution in [0.2, 0.25) is 0 Å². The minimum atomic E-state index is -0.217. The lowest BCUT2D eigenvalue weighted by Gasteiger charge is -2.34. The fourth-order valence-corrected chi connectivity index (χ4v) is 3.75. The van der Waals surface area contributed by atoms with Gasteiger partial charge in [0.2, 0.25) is 0 Å². The summed E-state index contributed by atoms with van der Waals surface area (Å²) in [5, 5.41) is 0. The Morgan fingerprint density at radius 1 is 1.30 bits per heavy atom. The molecule has 1 atom stereocenters. The number of nitrogens with zero attached hydrogens (tertiary/aromatic N) is 3. The SMILES string of the molecule is CCc1ocnc1C(=O)N1CCCN(Cc2ccc(F)cc2)C(C(C)C)C1.